The Balaban J connectivity index is 1.67. The molecule has 4 nitrogen and oxygen atoms in total. The van der Waals surface area contributed by atoms with Gasteiger partial charge in [0, 0.05) is 25.7 Å². The second-order valence-electron chi connectivity index (χ2n) is 6.26. The summed E-state index contributed by atoms with van der Waals surface area (Å²) in [6.45, 7) is 8.38. The van der Waals surface area contributed by atoms with E-state index in [1.807, 2.05) is 0 Å². The number of nitrogens with two attached hydrogens (primary N) is 1. The second kappa shape index (κ2) is 6.85. The topological polar surface area (TPSA) is 35.7 Å². The van der Waals surface area contributed by atoms with Crippen molar-refractivity contribution in [2.75, 3.05) is 59.9 Å². The molecule has 0 aromatic carbocycles. The molecule has 2 heterocycles. The van der Waals surface area contributed by atoms with Crippen molar-refractivity contribution < 1.29 is 0 Å². The molecule has 0 spiro atoms. The highest BCUT2D eigenvalue weighted by Crippen LogP contribution is 2.23. The molecule has 2 rings (SSSR count). The van der Waals surface area contributed by atoms with Crippen molar-refractivity contribution in [2.45, 2.75) is 25.3 Å². The summed E-state index contributed by atoms with van der Waals surface area (Å²) in [5.41, 5.74) is 5.78. The van der Waals surface area contributed by atoms with E-state index in [1.165, 1.54) is 58.5 Å². The van der Waals surface area contributed by atoms with E-state index in [2.05, 4.69) is 28.8 Å². The van der Waals surface area contributed by atoms with E-state index in [9.17, 15) is 0 Å². The first-order valence-corrected chi connectivity index (χ1v) is 7.50. The Hall–Kier alpha value is -0.160. The highest BCUT2D eigenvalue weighted by molar-refractivity contribution is 4.85. The largest absolute Gasteiger partial charge is 0.330 e. The molecule has 1 atom stereocenters. The van der Waals surface area contributed by atoms with E-state index in [0.717, 1.165) is 18.5 Å². The van der Waals surface area contributed by atoms with Crippen LogP contribution in [-0.4, -0.2) is 80.7 Å². The van der Waals surface area contributed by atoms with Crippen molar-refractivity contribution in [2.24, 2.45) is 11.7 Å². The predicted molar refractivity (Wildman–Crippen MR) is 76.8 cm³/mol. The maximum absolute atomic E-state index is 5.78. The molecule has 106 valence electrons. The van der Waals surface area contributed by atoms with Crippen LogP contribution in [0.4, 0.5) is 0 Å². The number of likely N-dealkylation sites (tertiary alicyclic amines) is 2. The minimum Gasteiger partial charge on any atom is -0.330 e. The summed E-state index contributed by atoms with van der Waals surface area (Å²) in [6, 6.07) is 0.831. The average Bonchev–Trinajstić information content (AvgIpc) is 2.85. The van der Waals surface area contributed by atoms with E-state index < -0.39 is 0 Å². The molecule has 2 aliphatic heterocycles. The van der Waals surface area contributed by atoms with E-state index in [-0.39, 0.29) is 0 Å². The zero-order chi connectivity index (χ0) is 13.0. The van der Waals surface area contributed by atoms with Crippen LogP contribution in [0.3, 0.4) is 0 Å². The highest BCUT2D eigenvalue weighted by atomic mass is 15.2. The van der Waals surface area contributed by atoms with Gasteiger partial charge in [0.05, 0.1) is 0 Å². The Bertz CT molecular complexity index is 236. The average molecular weight is 254 g/mol. The maximum atomic E-state index is 5.78. The Kier molecular flexibility index (Phi) is 5.42. The number of hydrogen-bond acceptors (Lipinski definition) is 4. The molecule has 0 radical (unpaired) electrons. The Morgan fingerprint density at radius 3 is 2.39 bits per heavy atom. The molecule has 0 aromatic heterocycles. The molecular formula is C14H30N4. The lowest BCUT2D eigenvalue weighted by Crippen LogP contribution is -2.45. The lowest BCUT2D eigenvalue weighted by molar-refractivity contribution is 0.119. The zero-order valence-corrected chi connectivity index (χ0v) is 12.1. The molecular weight excluding hydrogens is 224 g/mol. The number of hydrogen-bond donors (Lipinski definition) is 1. The van der Waals surface area contributed by atoms with Crippen LogP contribution < -0.4 is 5.73 Å². The second-order valence-corrected chi connectivity index (χ2v) is 6.26. The fraction of sp³-hybridized carbons (Fsp3) is 1.00. The third kappa shape index (κ3) is 3.92. The first kappa shape index (κ1) is 14.3. The Morgan fingerprint density at radius 1 is 1.11 bits per heavy atom. The Labute approximate surface area is 112 Å². The first-order chi connectivity index (χ1) is 8.69. The van der Waals surface area contributed by atoms with Crippen LogP contribution in [0.1, 0.15) is 19.3 Å². The third-order valence-corrected chi connectivity index (χ3v) is 4.59. The summed E-state index contributed by atoms with van der Waals surface area (Å²) < 4.78 is 0. The predicted octanol–water partition coefficient (Wildman–Crippen LogP) is 0.293. The fourth-order valence-electron chi connectivity index (χ4n) is 3.24. The molecule has 0 amide bonds. The quantitative estimate of drug-likeness (QED) is 0.765. The zero-order valence-electron chi connectivity index (χ0n) is 12.1. The van der Waals surface area contributed by atoms with Gasteiger partial charge in [-0.1, -0.05) is 0 Å². The number of rotatable bonds is 5. The number of piperidine rings is 1. The Morgan fingerprint density at radius 2 is 1.83 bits per heavy atom. The van der Waals surface area contributed by atoms with Crippen molar-refractivity contribution in [1.29, 1.82) is 0 Å². The van der Waals surface area contributed by atoms with Crippen molar-refractivity contribution in [1.82, 2.24) is 14.7 Å². The van der Waals surface area contributed by atoms with Gasteiger partial charge >= 0.3 is 0 Å². The molecule has 0 aliphatic carbocycles. The van der Waals surface area contributed by atoms with Crippen LogP contribution in [-0.2, 0) is 0 Å². The minimum absolute atomic E-state index is 0.761. The van der Waals surface area contributed by atoms with Crippen molar-refractivity contribution in [3.63, 3.8) is 0 Å². The molecule has 2 aliphatic rings. The SMILES string of the molecule is CN(C)CCN1CCC(N2CCC(CN)C2)CC1. The summed E-state index contributed by atoms with van der Waals surface area (Å²) in [4.78, 5) is 7.59. The highest BCUT2D eigenvalue weighted by Gasteiger charge is 2.29. The summed E-state index contributed by atoms with van der Waals surface area (Å²) in [6.07, 6.45) is 4.02. The number of nitrogens with zero attached hydrogens (tertiary/aromatic N) is 3. The van der Waals surface area contributed by atoms with E-state index >= 15 is 0 Å². The van der Waals surface area contributed by atoms with Crippen molar-refractivity contribution in [3.8, 4) is 0 Å². The van der Waals surface area contributed by atoms with Crippen LogP contribution in [0.25, 0.3) is 0 Å². The van der Waals surface area contributed by atoms with Gasteiger partial charge < -0.3 is 15.5 Å². The van der Waals surface area contributed by atoms with Gasteiger partial charge in [-0.05, 0) is 65.5 Å². The van der Waals surface area contributed by atoms with Gasteiger partial charge in [0.2, 0.25) is 0 Å². The molecule has 0 aromatic rings. The van der Waals surface area contributed by atoms with E-state index in [0.29, 0.717) is 0 Å². The molecule has 2 fully saturated rings. The molecule has 1 unspecified atom stereocenters. The van der Waals surface area contributed by atoms with Gasteiger partial charge in [-0.15, -0.1) is 0 Å². The third-order valence-electron chi connectivity index (χ3n) is 4.59. The van der Waals surface area contributed by atoms with Gasteiger partial charge in [-0.25, -0.2) is 0 Å². The van der Waals surface area contributed by atoms with Crippen LogP contribution in [0, 0.1) is 5.92 Å². The van der Waals surface area contributed by atoms with Crippen LogP contribution in [0.2, 0.25) is 0 Å². The smallest absolute Gasteiger partial charge is 0.0120 e. The van der Waals surface area contributed by atoms with Crippen LogP contribution >= 0.6 is 0 Å². The molecule has 18 heavy (non-hydrogen) atoms. The fourth-order valence-corrected chi connectivity index (χ4v) is 3.24. The molecule has 0 bridgehead atoms. The monoisotopic (exact) mass is 254 g/mol. The molecule has 2 saturated heterocycles. The minimum atomic E-state index is 0.761. The van der Waals surface area contributed by atoms with E-state index in [1.54, 1.807) is 0 Å². The maximum Gasteiger partial charge on any atom is 0.0120 e. The van der Waals surface area contributed by atoms with Crippen molar-refractivity contribution >= 4 is 0 Å². The molecule has 2 N–H and O–H groups in total. The normalized spacial score (nSPS) is 28.3. The summed E-state index contributed by atoms with van der Waals surface area (Å²) in [7, 11) is 4.31. The van der Waals surface area contributed by atoms with E-state index in [4.69, 9.17) is 5.73 Å². The summed E-state index contributed by atoms with van der Waals surface area (Å²) >= 11 is 0. The van der Waals surface area contributed by atoms with Gasteiger partial charge in [-0.3, -0.25) is 4.90 Å². The van der Waals surface area contributed by atoms with Gasteiger partial charge in [0.1, 0.15) is 0 Å². The van der Waals surface area contributed by atoms with Crippen molar-refractivity contribution in [3.05, 3.63) is 0 Å². The number of likely N-dealkylation sites (N-methyl/N-ethyl adjacent to an activating group) is 1. The lowest BCUT2D eigenvalue weighted by atomic mass is 10.0. The summed E-state index contributed by atoms with van der Waals surface area (Å²) in [5.74, 6) is 0.761. The summed E-state index contributed by atoms with van der Waals surface area (Å²) in [5, 5.41) is 0. The van der Waals surface area contributed by atoms with Gasteiger partial charge in [0.25, 0.3) is 0 Å². The standard InChI is InChI=1S/C14H30N4/c1-16(2)9-10-17-6-4-14(5-7-17)18-8-3-13(11-15)12-18/h13-14H,3-12,15H2,1-2H3. The lowest BCUT2D eigenvalue weighted by Gasteiger charge is -2.37. The van der Waals surface area contributed by atoms with Gasteiger partial charge in [0.15, 0.2) is 0 Å². The van der Waals surface area contributed by atoms with Crippen LogP contribution in [0.5, 0.6) is 0 Å². The molecule has 4 heteroatoms. The first-order valence-electron chi connectivity index (χ1n) is 7.50. The van der Waals surface area contributed by atoms with Crippen LogP contribution in [0.15, 0.2) is 0 Å². The van der Waals surface area contributed by atoms with Gasteiger partial charge in [-0.2, -0.15) is 0 Å². The molecule has 0 saturated carbocycles.